The first-order chi connectivity index (χ1) is 10.2. The molecule has 2 rings (SSSR count). The Bertz CT molecular complexity index is 570. The summed E-state index contributed by atoms with van der Waals surface area (Å²) < 4.78 is 0. The van der Waals surface area contributed by atoms with Gasteiger partial charge in [-0.2, -0.15) is 0 Å². The van der Waals surface area contributed by atoms with E-state index < -0.39 is 0 Å². The number of hydrogen-bond acceptors (Lipinski definition) is 7. The van der Waals surface area contributed by atoms with Crippen LogP contribution in [0.2, 0.25) is 0 Å². The summed E-state index contributed by atoms with van der Waals surface area (Å²) in [5, 5.41) is 10.7. The Morgan fingerprint density at radius 3 is 2.43 bits per heavy atom. The molecule has 2 heterocycles. The summed E-state index contributed by atoms with van der Waals surface area (Å²) in [6, 6.07) is 1.96. The molecule has 0 saturated heterocycles. The van der Waals surface area contributed by atoms with E-state index in [1.165, 1.54) is 0 Å². The topological polar surface area (TPSA) is 62.7 Å². The summed E-state index contributed by atoms with van der Waals surface area (Å²) in [5.41, 5.74) is 1.13. The van der Waals surface area contributed by atoms with E-state index >= 15 is 0 Å². The zero-order valence-corrected chi connectivity index (χ0v) is 14.3. The maximum Gasteiger partial charge on any atom is 0.191 e. The second-order valence-corrected chi connectivity index (χ2v) is 6.42. The van der Waals surface area contributed by atoms with Crippen molar-refractivity contribution >= 4 is 34.7 Å². The highest BCUT2D eigenvalue weighted by atomic mass is 32.2. The first kappa shape index (κ1) is 16.0. The number of thiazole rings is 1. The molecule has 0 bridgehead atoms. The van der Waals surface area contributed by atoms with Crippen molar-refractivity contribution in [1.82, 2.24) is 15.0 Å². The molecule has 7 heteroatoms. The average molecular weight is 323 g/mol. The van der Waals surface area contributed by atoms with Crippen LogP contribution in [0.25, 0.3) is 0 Å². The van der Waals surface area contributed by atoms with E-state index in [2.05, 4.69) is 37.9 Å². The van der Waals surface area contributed by atoms with Gasteiger partial charge in [0.2, 0.25) is 0 Å². The van der Waals surface area contributed by atoms with Crippen LogP contribution in [0.3, 0.4) is 0 Å². The van der Waals surface area contributed by atoms with E-state index in [0.717, 1.165) is 53.4 Å². The van der Waals surface area contributed by atoms with Crippen molar-refractivity contribution in [3.8, 4) is 0 Å². The van der Waals surface area contributed by atoms with Gasteiger partial charge in [-0.15, -0.1) is 11.3 Å². The summed E-state index contributed by atoms with van der Waals surface area (Å²) in [6.45, 7) is 5.91. The molecule has 0 saturated carbocycles. The smallest absolute Gasteiger partial charge is 0.191 e. The Morgan fingerprint density at radius 1 is 1.14 bits per heavy atom. The van der Waals surface area contributed by atoms with E-state index in [0.29, 0.717) is 0 Å². The van der Waals surface area contributed by atoms with Gasteiger partial charge in [0.1, 0.15) is 11.6 Å². The molecule has 0 aliphatic carbocycles. The number of thioether (sulfide) groups is 1. The molecule has 2 aromatic heterocycles. The third-order valence-corrected chi connectivity index (χ3v) is 4.17. The van der Waals surface area contributed by atoms with Crippen LogP contribution in [0.15, 0.2) is 16.6 Å². The molecule has 0 aliphatic heterocycles. The fourth-order valence-corrected chi connectivity index (χ4v) is 2.82. The van der Waals surface area contributed by atoms with Gasteiger partial charge in [-0.1, -0.05) is 18.7 Å². The first-order valence-electron chi connectivity index (χ1n) is 7.03. The van der Waals surface area contributed by atoms with E-state index in [1.54, 1.807) is 23.1 Å². The van der Waals surface area contributed by atoms with Crippen LogP contribution < -0.4 is 10.6 Å². The van der Waals surface area contributed by atoms with Crippen LogP contribution in [0.4, 0.5) is 11.6 Å². The summed E-state index contributed by atoms with van der Waals surface area (Å²) in [7, 11) is 0. The molecular weight excluding hydrogens is 302 g/mol. The van der Waals surface area contributed by atoms with E-state index in [-0.39, 0.29) is 0 Å². The highest BCUT2D eigenvalue weighted by Gasteiger charge is 2.04. The zero-order chi connectivity index (χ0) is 15.1. The van der Waals surface area contributed by atoms with Crippen molar-refractivity contribution in [3.05, 3.63) is 22.1 Å². The molecular formula is C14H21N5S2. The number of nitrogens with one attached hydrogen (secondary N) is 2. The highest BCUT2D eigenvalue weighted by Crippen LogP contribution is 2.17. The summed E-state index contributed by atoms with van der Waals surface area (Å²) in [6.07, 6.45) is 3.96. The third-order valence-electron chi connectivity index (χ3n) is 2.80. The van der Waals surface area contributed by atoms with Crippen LogP contribution in [-0.4, -0.2) is 34.3 Å². The predicted molar refractivity (Wildman–Crippen MR) is 91.6 cm³/mol. The maximum atomic E-state index is 4.48. The van der Waals surface area contributed by atoms with Crippen molar-refractivity contribution in [2.75, 3.05) is 30.0 Å². The molecule has 114 valence electrons. The Balaban J connectivity index is 1.94. The minimum absolute atomic E-state index is 0.781. The molecule has 0 spiro atoms. The molecule has 0 aliphatic rings. The highest BCUT2D eigenvalue weighted by molar-refractivity contribution is 7.98. The number of anilines is 2. The van der Waals surface area contributed by atoms with Crippen LogP contribution in [0.5, 0.6) is 0 Å². The van der Waals surface area contributed by atoms with Gasteiger partial charge in [-0.3, -0.25) is 0 Å². The van der Waals surface area contributed by atoms with E-state index in [1.807, 2.05) is 19.2 Å². The second-order valence-electron chi connectivity index (χ2n) is 4.59. The number of rotatable bonds is 8. The SMILES string of the molecule is CCCNc1cc(NCCc2csc(C)n2)nc(SC)n1. The average Bonchev–Trinajstić information content (AvgIpc) is 2.90. The van der Waals surface area contributed by atoms with E-state index in [4.69, 9.17) is 0 Å². The number of nitrogens with zero attached hydrogens (tertiary/aromatic N) is 3. The van der Waals surface area contributed by atoms with Crippen molar-refractivity contribution in [2.45, 2.75) is 31.8 Å². The third kappa shape index (κ3) is 5.17. The molecule has 0 fully saturated rings. The monoisotopic (exact) mass is 323 g/mol. The number of aromatic nitrogens is 3. The zero-order valence-electron chi connectivity index (χ0n) is 12.6. The summed E-state index contributed by atoms with van der Waals surface area (Å²) in [5.74, 6) is 1.74. The normalized spacial score (nSPS) is 10.6. The van der Waals surface area contributed by atoms with Gasteiger partial charge in [0.05, 0.1) is 10.7 Å². The lowest BCUT2D eigenvalue weighted by molar-refractivity contribution is 0.910. The Kier molecular flexibility index (Phi) is 6.25. The van der Waals surface area contributed by atoms with Gasteiger partial charge in [0, 0.05) is 31.0 Å². The van der Waals surface area contributed by atoms with Crippen molar-refractivity contribution in [3.63, 3.8) is 0 Å². The lowest BCUT2D eigenvalue weighted by Gasteiger charge is -2.09. The summed E-state index contributed by atoms with van der Waals surface area (Å²) >= 11 is 3.24. The number of aryl methyl sites for hydroxylation is 1. The largest absolute Gasteiger partial charge is 0.370 e. The molecule has 0 atom stereocenters. The van der Waals surface area contributed by atoms with Crippen LogP contribution in [0, 0.1) is 6.92 Å². The first-order valence-corrected chi connectivity index (χ1v) is 9.13. The van der Waals surface area contributed by atoms with Crippen LogP contribution in [-0.2, 0) is 6.42 Å². The van der Waals surface area contributed by atoms with Gasteiger partial charge < -0.3 is 10.6 Å². The lowest BCUT2D eigenvalue weighted by atomic mass is 10.3. The molecule has 21 heavy (non-hydrogen) atoms. The molecule has 2 aromatic rings. The van der Waals surface area contributed by atoms with Gasteiger partial charge in [-0.25, -0.2) is 15.0 Å². The van der Waals surface area contributed by atoms with Gasteiger partial charge in [0.25, 0.3) is 0 Å². The van der Waals surface area contributed by atoms with Gasteiger partial charge in [-0.05, 0) is 19.6 Å². The van der Waals surface area contributed by atoms with Crippen molar-refractivity contribution < 1.29 is 0 Å². The minimum atomic E-state index is 0.781. The van der Waals surface area contributed by atoms with Crippen LogP contribution in [0.1, 0.15) is 24.0 Å². The molecule has 5 nitrogen and oxygen atoms in total. The van der Waals surface area contributed by atoms with Crippen molar-refractivity contribution in [1.29, 1.82) is 0 Å². The summed E-state index contributed by atoms with van der Waals surface area (Å²) in [4.78, 5) is 13.4. The van der Waals surface area contributed by atoms with Gasteiger partial charge in [0.15, 0.2) is 5.16 Å². The lowest BCUT2D eigenvalue weighted by Crippen LogP contribution is -2.09. The Hall–Kier alpha value is -1.34. The minimum Gasteiger partial charge on any atom is -0.370 e. The molecule has 0 radical (unpaired) electrons. The Labute approximate surface area is 134 Å². The quantitative estimate of drug-likeness (QED) is 0.573. The number of hydrogen-bond donors (Lipinski definition) is 2. The van der Waals surface area contributed by atoms with Crippen molar-refractivity contribution in [2.24, 2.45) is 0 Å². The fraction of sp³-hybridized carbons (Fsp3) is 0.500. The van der Waals surface area contributed by atoms with Crippen LogP contribution >= 0.6 is 23.1 Å². The molecule has 2 N–H and O–H groups in total. The molecule has 0 aromatic carbocycles. The Morgan fingerprint density at radius 2 is 1.86 bits per heavy atom. The fourth-order valence-electron chi connectivity index (χ4n) is 1.79. The molecule has 0 amide bonds. The second kappa shape index (κ2) is 8.19. The molecule has 0 unspecified atom stereocenters. The van der Waals surface area contributed by atoms with Gasteiger partial charge >= 0.3 is 0 Å². The predicted octanol–water partition coefficient (Wildman–Crippen LogP) is 3.44. The maximum absolute atomic E-state index is 4.48. The van der Waals surface area contributed by atoms with E-state index in [9.17, 15) is 0 Å². The standard InChI is InChI=1S/C14H21N5S2/c1-4-6-15-12-8-13(19-14(18-12)20-3)16-7-5-11-9-21-10(2)17-11/h8-9H,4-7H2,1-3H3,(H2,15,16,18,19).